The van der Waals surface area contributed by atoms with Gasteiger partial charge in [0, 0.05) is 15.5 Å². The third kappa shape index (κ3) is 5.32. The Balaban J connectivity index is 2.08. The zero-order chi connectivity index (χ0) is 17.5. The molecule has 128 valence electrons. The fourth-order valence-corrected chi connectivity index (χ4v) is 3.59. The van der Waals surface area contributed by atoms with Crippen LogP contribution in [0.5, 0.6) is 0 Å². The summed E-state index contributed by atoms with van der Waals surface area (Å²) in [6.45, 7) is 1.92. The van der Waals surface area contributed by atoms with Crippen LogP contribution in [-0.4, -0.2) is 34.8 Å². The lowest BCUT2D eigenvalue weighted by molar-refractivity contribution is -0.118. The van der Waals surface area contributed by atoms with E-state index in [1.54, 1.807) is 36.2 Å². The molecule has 1 aromatic heterocycles. The summed E-state index contributed by atoms with van der Waals surface area (Å²) >= 11 is 6.40. The Kier molecular flexibility index (Phi) is 7.26. The molecule has 0 radical (unpaired) electrons. The fourth-order valence-electron chi connectivity index (χ4n) is 1.99. The smallest absolute Gasteiger partial charge is 0.253 e. The van der Waals surface area contributed by atoms with E-state index in [2.05, 4.69) is 31.5 Å². The van der Waals surface area contributed by atoms with Crippen molar-refractivity contribution in [2.75, 3.05) is 17.3 Å². The summed E-state index contributed by atoms with van der Waals surface area (Å²) in [5.41, 5.74) is 0.504. The summed E-state index contributed by atoms with van der Waals surface area (Å²) < 4.78 is 0.696. The van der Waals surface area contributed by atoms with Crippen LogP contribution in [-0.2, 0) is 4.79 Å². The average molecular weight is 428 g/mol. The van der Waals surface area contributed by atoms with Crippen molar-refractivity contribution in [3.05, 3.63) is 45.4 Å². The van der Waals surface area contributed by atoms with Crippen LogP contribution in [0, 0.1) is 6.92 Å². The van der Waals surface area contributed by atoms with Crippen molar-refractivity contribution in [3.8, 4) is 0 Å². The molecule has 2 amide bonds. The van der Waals surface area contributed by atoms with Gasteiger partial charge in [0.25, 0.3) is 5.91 Å². The van der Waals surface area contributed by atoms with E-state index < -0.39 is 6.04 Å². The molecule has 2 rings (SSSR count). The van der Waals surface area contributed by atoms with Gasteiger partial charge in [0.05, 0.1) is 5.56 Å². The van der Waals surface area contributed by atoms with Crippen molar-refractivity contribution in [1.29, 1.82) is 0 Å². The van der Waals surface area contributed by atoms with Crippen LogP contribution in [0.3, 0.4) is 0 Å². The van der Waals surface area contributed by atoms with E-state index in [0.29, 0.717) is 21.6 Å². The molecule has 0 saturated heterocycles. The molecule has 24 heavy (non-hydrogen) atoms. The zero-order valence-electron chi connectivity index (χ0n) is 13.3. The Morgan fingerprint density at radius 3 is 2.75 bits per heavy atom. The topological polar surface area (TPSA) is 71.1 Å². The van der Waals surface area contributed by atoms with Crippen LogP contribution >= 0.6 is 39.0 Å². The van der Waals surface area contributed by atoms with Gasteiger partial charge in [-0.1, -0.05) is 12.1 Å². The van der Waals surface area contributed by atoms with Gasteiger partial charge >= 0.3 is 0 Å². The lowest BCUT2D eigenvalue weighted by atomic mass is 10.1. The molecule has 0 bridgehead atoms. The van der Waals surface area contributed by atoms with Gasteiger partial charge in [-0.05, 0) is 53.4 Å². The summed E-state index contributed by atoms with van der Waals surface area (Å²) in [5, 5.41) is 6.14. The summed E-state index contributed by atoms with van der Waals surface area (Å²) in [4.78, 5) is 30.1. The molecule has 0 fully saturated rings. The van der Waals surface area contributed by atoms with E-state index in [1.165, 1.54) is 11.3 Å². The minimum absolute atomic E-state index is 0.251. The van der Waals surface area contributed by atoms with E-state index in [-0.39, 0.29) is 11.8 Å². The number of rotatable bonds is 7. The highest BCUT2D eigenvalue weighted by molar-refractivity contribution is 9.10. The largest absolute Gasteiger partial charge is 0.340 e. The third-order valence-electron chi connectivity index (χ3n) is 3.20. The molecule has 0 spiro atoms. The lowest BCUT2D eigenvalue weighted by Gasteiger charge is -2.17. The predicted molar refractivity (Wildman–Crippen MR) is 104 cm³/mol. The van der Waals surface area contributed by atoms with Crippen LogP contribution < -0.4 is 10.6 Å². The Hall–Kier alpha value is -1.38. The van der Waals surface area contributed by atoms with Crippen molar-refractivity contribution < 1.29 is 9.59 Å². The number of thiazole rings is 1. The molecular weight excluding hydrogens is 410 g/mol. The maximum absolute atomic E-state index is 12.5. The summed E-state index contributed by atoms with van der Waals surface area (Å²) in [5.74, 6) is 0.239. The number of nitrogens with zero attached hydrogens (tertiary/aromatic N) is 1. The van der Waals surface area contributed by atoms with Crippen molar-refractivity contribution in [3.63, 3.8) is 0 Å². The number of carbonyl (C=O) groups is 2. The summed E-state index contributed by atoms with van der Waals surface area (Å²) in [7, 11) is 0. The first-order valence-electron chi connectivity index (χ1n) is 7.29. The number of halogens is 1. The van der Waals surface area contributed by atoms with Gasteiger partial charge in [-0.3, -0.25) is 9.59 Å². The van der Waals surface area contributed by atoms with E-state index in [1.807, 2.05) is 19.2 Å². The summed E-state index contributed by atoms with van der Waals surface area (Å²) in [6.07, 6.45) is 4.22. The number of carbonyl (C=O) groups excluding carboxylic acids is 2. The lowest BCUT2D eigenvalue weighted by Crippen LogP contribution is -2.44. The Morgan fingerprint density at radius 2 is 2.12 bits per heavy atom. The molecule has 1 heterocycles. The normalized spacial score (nSPS) is 11.8. The first-order chi connectivity index (χ1) is 11.5. The third-order valence-corrected chi connectivity index (χ3v) is 5.37. The molecule has 8 heteroatoms. The second-order valence-electron chi connectivity index (χ2n) is 5.05. The number of hydrogen-bond acceptors (Lipinski definition) is 5. The van der Waals surface area contributed by atoms with Crippen molar-refractivity contribution in [2.24, 2.45) is 0 Å². The molecular formula is C16H18BrN3O2S2. The predicted octanol–water partition coefficient (Wildman–Crippen LogP) is 3.70. The number of aryl methyl sites for hydroxylation is 1. The quantitative estimate of drug-likeness (QED) is 0.706. The standard InChI is InChI=1S/C16H18BrN3O2S2/c1-10-9-18-16(24-10)20-15(22)13(7-8-23-2)19-14(21)11-5-3-4-6-12(11)17/h3-6,9,13H,7-8H2,1-2H3,(H,19,21)(H,18,20,22). The fraction of sp³-hybridized carbons (Fsp3) is 0.312. The number of amides is 2. The molecule has 0 aliphatic rings. The zero-order valence-corrected chi connectivity index (χ0v) is 16.6. The number of anilines is 1. The number of aromatic nitrogens is 1. The van der Waals surface area contributed by atoms with Crippen molar-refractivity contribution in [2.45, 2.75) is 19.4 Å². The Bertz CT molecular complexity index is 721. The van der Waals surface area contributed by atoms with Crippen LogP contribution in [0.15, 0.2) is 34.9 Å². The van der Waals surface area contributed by atoms with Gasteiger partial charge in [-0.25, -0.2) is 4.98 Å². The maximum atomic E-state index is 12.5. The highest BCUT2D eigenvalue weighted by Crippen LogP contribution is 2.18. The molecule has 0 aliphatic carbocycles. The number of hydrogen-bond donors (Lipinski definition) is 2. The molecule has 0 aliphatic heterocycles. The minimum atomic E-state index is -0.610. The molecule has 1 unspecified atom stereocenters. The SMILES string of the molecule is CSCCC(NC(=O)c1ccccc1Br)C(=O)Nc1ncc(C)s1. The first kappa shape index (κ1) is 19.0. The average Bonchev–Trinajstić information content (AvgIpc) is 2.96. The van der Waals surface area contributed by atoms with E-state index in [9.17, 15) is 9.59 Å². The number of nitrogens with one attached hydrogen (secondary N) is 2. The van der Waals surface area contributed by atoms with Gasteiger partial charge in [-0.15, -0.1) is 11.3 Å². The van der Waals surface area contributed by atoms with Gasteiger partial charge in [-0.2, -0.15) is 11.8 Å². The molecule has 0 saturated carbocycles. The van der Waals surface area contributed by atoms with E-state index >= 15 is 0 Å². The van der Waals surface area contributed by atoms with E-state index in [0.717, 1.165) is 10.6 Å². The first-order valence-corrected chi connectivity index (χ1v) is 10.3. The second-order valence-corrected chi connectivity index (χ2v) is 8.13. The Labute approximate surface area is 157 Å². The summed E-state index contributed by atoms with van der Waals surface area (Å²) in [6, 6.07) is 6.52. The Morgan fingerprint density at radius 1 is 1.38 bits per heavy atom. The van der Waals surface area contributed by atoms with Crippen LogP contribution in [0.2, 0.25) is 0 Å². The van der Waals surface area contributed by atoms with Crippen LogP contribution in [0.1, 0.15) is 21.7 Å². The second kappa shape index (κ2) is 9.19. The highest BCUT2D eigenvalue weighted by atomic mass is 79.9. The van der Waals surface area contributed by atoms with Gasteiger partial charge in [0.2, 0.25) is 5.91 Å². The van der Waals surface area contributed by atoms with Crippen molar-refractivity contribution >= 4 is 56.0 Å². The van der Waals surface area contributed by atoms with Crippen LogP contribution in [0.25, 0.3) is 0 Å². The number of thioether (sulfide) groups is 1. The monoisotopic (exact) mass is 427 g/mol. The minimum Gasteiger partial charge on any atom is -0.340 e. The highest BCUT2D eigenvalue weighted by Gasteiger charge is 2.22. The molecule has 1 aromatic carbocycles. The molecule has 1 atom stereocenters. The van der Waals surface area contributed by atoms with Gasteiger partial charge in [0.15, 0.2) is 5.13 Å². The van der Waals surface area contributed by atoms with Crippen molar-refractivity contribution in [1.82, 2.24) is 10.3 Å². The molecule has 5 nitrogen and oxygen atoms in total. The van der Waals surface area contributed by atoms with Gasteiger partial charge < -0.3 is 10.6 Å². The number of benzene rings is 1. The maximum Gasteiger partial charge on any atom is 0.253 e. The molecule has 2 N–H and O–H groups in total. The van der Waals surface area contributed by atoms with Gasteiger partial charge in [0.1, 0.15) is 6.04 Å². The van der Waals surface area contributed by atoms with E-state index in [4.69, 9.17) is 0 Å². The van der Waals surface area contributed by atoms with Crippen LogP contribution in [0.4, 0.5) is 5.13 Å². The molecule has 2 aromatic rings.